The highest BCUT2D eigenvalue weighted by Crippen LogP contribution is 2.38. The Morgan fingerprint density at radius 1 is 0.710 bits per heavy atom. The average molecular weight is 780 g/mol. The Kier molecular flexibility index (Phi) is 15.5. The molecule has 0 radical (unpaired) electrons. The zero-order valence-electron chi connectivity index (χ0n) is 20.9. The van der Waals surface area contributed by atoms with Crippen LogP contribution in [0.4, 0.5) is 0 Å². The van der Waals surface area contributed by atoms with Crippen molar-refractivity contribution in [2.24, 2.45) is 22.8 Å². The lowest BCUT2D eigenvalue weighted by Gasteiger charge is -2.43. The predicted octanol–water partition coefficient (Wildman–Crippen LogP) is 5.75. The zero-order chi connectivity index (χ0) is 24.5. The van der Waals surface area contributed by atoms with Crippen LogP contribution in [0.1, 0.15) is 68.2 Å². The maximum absolute atomic E-state index is 6.44. The highest BCUT2D eigenvalue weighted by Gasteiger charge is 2.39. The molecular weight excluding hydrogens is 733 g/mol. The van der Waals surface area contributed by atoms with Crippen LogP contribution in [0.2, 0.25) is 0 Å². The van der Waals surface area contributed by atoms with Crippen molar-refractivity contribution >= 4 is 67.8 Å². The van der Waals surface area contributed by atoms with Gasteiger partial charge < -0.3 is 25.7 Å². The second-order valence-electron chi connectivity index (χ2n) is 10.9. The molecule has 0 aromatic rings. The molecule has 0 spiro atoms. The van der Waals surface area contributed by atoms with Gasteiger partial charge >= 0.3 is 0 Å². The number of alkyl halides is 3. The average Bonchev–Trinajstić information content (AvgIpc) is 2.65. The Hall–Kier alpha value is 1.99. The Morgan fingerprint density at radius 2 is 1.26 bits per heavy atom. The summed E-state index contributed by atoms with van der Waals surface area (Å²) in [7, 11) is 0. The molecule has 5 nitrogen and oxygen atoms in total. The molecule has 0 saturated heterocycles. The summed E-state index contributed by atoms with van der Waals surface area (Å²) in [5, 5.41) is 0. The molecule has 0 heterocycles. The standard InChI is InChI=1S/C23H47I3N2O3/c1-20(2,23(7,8)31-16-19(28)14-26)9-10-29-22(5,6)17(12-24)15-30-21(3,4)11-18(27)13-25/h17-19H,9-16,27-28H2,1-8H3. The van der Waals surface area contributed by atoms with Gasteiger partial charge in [0.2, 0.25) is 0 Å². The van der Waals surface area contributed by atoms with Gasteiger partial charge in [0.15, 0.2) is 0 Å². The number of hydrogen-bond acceptors (Lipinski definition) is 5. The summed E-state index contributed by atoms with van der Waals surface area (Å²) in [6, 6.07) is 0.239. The third-order valence-electron chi connectivity index (χ3n) is 6.48. The van der Waals surface area contributed by atoms with Crippen LogP contribution < -0.4 is 11.5 Å². The summed E-state index contributed by atoms with van der Waals surface area (Å²) in [6.45, 7) is 19.4. The smallest absolute Gasteiger partial charge is 0.0683 e. The topological polar surface area (TPSA) is 79.7 Å². The Balaban J connectivity index is 4.80. The molecule has 0 aromatic heterocycles. The van der Waals surface area contributed by atoms with Crippen molar-refractivity contribution in [3.63, 3.8) is 0 Å². The summed E-state index contributed by atoms with van der Waals surface area (Å²) in [5.41, 5.74) is 11.4. The van der Waals surface area contributed by atoms with Crippen molar-refractivity contribution in [2.45, 2.75) is 97.1 Å². The Bertz CT molecular complexity index is 502. The Labute approximate surface area is 233 Å². The monoisotopic (exact) mass is 780 g/mol. The molecule has 0 aliphatic carbocycles. The summed E-state index contributed by atoms with van der Waals surface area (Å²) >= 11 is 7.08. The number of hydrogen-bond donors (Lipinski definition) is 2. The normalized spacial score (nSPS) is 16.9. The first-order valence-corrected chi connectivity index (χ1v) is 15.7. The quantitative estimate of drug-likeness (QED) is 0.145. The van der Waals surface area contributed by atoms with Crippen molar-refractivity contribution in [1.82, 2.24) is 0 Å². The molecule has 0 rings (SSSR count). The third-order valence-corrected chi connectivity index (χ3v) is 9.81. The first-order valence-electron chi connectivity index (χ1n) is 11.1. The van der Waals surface area contributed by atoms with Gasteiger partial charge in [0, 0.05) is 37.9 Å². The van der Waals surface area contributed by atoms with Gasteiger partial charge in [-0.15, -0.1) is 0 Å². The molecule has 8 heteroatoms. The maximum Gasteiger partial charge on any atom is 0.0683 e. The highest BCUT2D eigenvalue weighted by atomic mass is 127. The van der Waals surface area contributed by atoms with Crippen LogP contribution in [0, 0.1) is 11.3 Å². The van der Waals surface area contributed by atoms with E-state index in [1.165, 1.54) is 0 Å². The Morgan fingerprint density at radius 3 is 1.74 bits per heavy atom. The van der Waals surface area contributed by atoms with E-state index in [4.69, 9.17) is 25.7 Å². The molecule has 0 aliphatic heterocycles. The summed E-state index contributed by atoms with van der Waals surface area (Å²) in [5.74, 6) is 0.303. The fourth-order valence-electron chi connectivity index (χ4n) is 3.05. The minimum absolute atomic E-state index is 0.0397. The lowest BCUT2D eigenvalue weighted by molar-refractivity contribution is -0.133. The van der Waals surface area contributed by atoms with Crippen LogP contribution in [0.5, 0.6) is 0 Å². The van der Waals surface area contributed by atoms with Gasteiger partial charge in [0.25, 0.3) is 0 Å². The summed E-state index contributed by atoms with van der Waals surface area (Å²) in [6.07, 6.45) is 1.77. The molecule has 3 atom stereocenters. The molecule has 0 amide bonds. The zero-order valence-corrected chi connectivity index (χ0v) is 27.4. The van der Waals surface area contributed by atoms with E-state index < -0.39 is 0 Å². The molecule has 0 aromatic carbocycles. The van der Waals surface area contributed by atoms with Gasteiger partial charge in [-0.3, -0.25) is 0 Å². The number of halogens is 3. The lowest BCUT2D eigenvalue weighted by Crippen LogP contribution is -2.46. The molecule has 0 aliphatic rings. The maximum atomic E-state index is 6.44. The second kappa shape index (κ2) is 14.5. The fourth-order valence-corrected chi connectivity index (χ4v) is 4.93. The summed E-state index contributed by atoms with van der Waals surface area (Å²) < 4.78 is 21.8. The van der Waals surface area contributed by atoms with E-state index in [1.54, 1.807) is 0 Å². The van der Waals surface area contributed by atoms with Gasteiger partial charge in [0.05, 0.1) is 30.0 Å². The van der Waals surface area contributed by atoms with E-state index >= 15 is 0 Å². The van der Waals surface area contributed by atoms with Crippen LogP contribution >= 0.6 is 67.8 Å². The SMILES string of the molecule is CC(C)(CC(N)CI)OCC(CI)C(C)(C)OCCC(C)(C)C(C)(C)OCC(N)CI. The van der Waals surface area contributed by atoms with E-state index in [-0.39, 0.29) is 34.3 Å². The third kappa shape index (κ3) is 12.5. The number of nitrogens with two attached hydrogens (primary N) is 2. The van der Waals surface area contributed by atoms with Crippen LogP contribution in [-0.2, 0) is 14.2 Å². The van der Waals surface area contributed by atoms with Crippen molar-refractivity contribution < 1.29 is 14.2 Å². The molecule has 31 heavy (non-hydrogen) atoms. The highest BCUT2D eigenvalue weighted by molar-refractivity contribution is 14.1. The first-order chi connectivity index (χ1) is 14.0. The van der Waals surface area contributed by atoms with E-state index in [2.05, 4.69) is 123 Å². The first kappa shape index (κ1) is 33.0. The van der Waals surface area contributed by atoms with Crippen molar-refractivity contribution in [1.29, 1.82) is 0 Å². The molecule has 188 valence electrons. The van der Waals surface area contributed by atoms with E-state index in [0.717, 1.165) is 26.1 Å². The van der Waals surface area contributed by atoms with E-state index in [0.29, 0.717) is 25.7 Å². The largest absolute Gasteiger partial charge is 0.375 e. The van der Waals surface area contributed by atoms with Gasteiger partial charge in [0.1, 0.15) is 0 Å². The predicted molar refractivity (Wildman–Crippen MR) is 159 cm³/mol. The van der Waals surface area contributed by atoms with Crippen molar-refractivity contribution in [3.8, 4) is 0 Å². The molecule has 0 saturated carbocycles. The van der Waals surface area contributed by atoms with Crippen molar-refractivity contribution in [2.75, 3.05) is 33.1 Å². The van der Waals surface area contributed by atoms with Gasteiger partial charge in [-0.2, -0.15) is 0 Å². The minimum Gasteiger partial charge on any atom is -0.375 e. The number of rotatable bonds is 17. The molecule has 0 bridgehead atoms. The number of ether oxygens (including phenoxy) is 3. The summed E-state index contributed by atoms with van der Waals surface area (Å²) in [4.78, 5) is 0. The minimum atomic E-state index is -0.281. The molecule has 3 unspecified atom stereocenters. The second-order valence-corrected chi connectivity index (χ2v) is 13.5. The van der Waals surface area contributed by atoms with Gasteiger partial charge in [-0.1, -0.05) is 81.6 Å². The molecule has 4 N–H and O–H groups in total. The van der Waals surface area contributed by atoms with Gasteiger partial charge in [-0.25, -0.2) is 0 Å². The molecule has 0 fully saturated rings. The van der Waals surface area contributed by atoms with E-state index in [9.17, 15) is 0 Å². The van der Waals surface area contributed by atoms with Crippen LogP contribution in [0.15, 0.2) is 0 Å². The lowest BCUT2D eigenvalue weighted by atomic mass is 9.74. The van der Waals surface area contributed by atoms with Crippen LogP contribution in [0.3, 0.4) is 0 Å². The van der Waals surface area contributed by atoms with Crippen LogP contribution in [-0.4, -0.2) is 62.0 Å². The molecular formula is C23H47I3N2O3. The van der Waals surface area contributed by atoms with Gasteiger partial charge in [-0.05, 0) is 59.8 Å². The fraction of sp³-hybridized carbons (Fsp3) is 1.00. The van der Waals surface area contributed by atoms with Crippen LogP contribution in [0.25, 0.3) is 0 Å². The van der Waals surface area contributed by atoms with E-state index in [1.807, 2.05) is 0 Å². The van der Waals surface area contributed by atoms with Crippen molar-refractivity contribution in [3.05, 3.63) is 0 Å².